The van der Waals surface area contributed by atoms with E-state index in [-0.39, 0.29) is 5.75 Å². The predicted octanol–water partition coefficient (Wildman–Crippen LogP) is 3.34. The molecule has 1 aliphatic rings. The Morgan fingerprint density at radius 2 is 2.00 bits per heavy atom. The van der Waals surface area contributed by atoms with Crippen LogP contribution in [0.3, 0.4) is 0 Å². The molecule has 0 amide bonds. The van der Waals surface area contributed by atoms with E-state index in [4.69, 9.17) is 10.5 Å². The van der Waals surface area contributed by atoms with Crippen LogP contribution in [0.15, 0.2) is 46.9 Å². The lowest BCUT2D eigenvalue weighted by Gasteiger charge is -2.18. The van der Waals surface area contributed by atoms with Gasteiger partial charge in [-0.15, -0.1) is 0 Å². The van der Waals surface area contributed by atoms with Crippen molar-refractivity contribution in [2.45, 2.75) is 12.5 Å². The van der Waals surface area contributed by atoms with Gasteiger partial charge in [0.1, 0.15) is 0 Å². The number of phenols is 1. The normalized spacial score (nSPS) is 21.1. The van der Waals surface area contributed by atoms with E-state index >= 15 is 0 Å². The Hall–Kier alpha value is -1.56. The number of aromatic hydroxyl groups is 1. The summed E-state index contributed by atoms with van der Waals surface area (Å²) in [6, 6.07) is 14.2. The summed E-state index contributed by atoms with van der Waals surface area (Å²) in [5, 5.41) is 10.0. The number of nitrogens with zero attached hydrogens (tertiary/aromatic N) is 1. The maximum Gasteiger partial charge on any atom is 0.161 e. The minimum atomic E-state index is 0.171. The van der Waals surface area contributed by atoms with Gasteiger partial charge in [-0.1, -0.05) is 46.3 Å². The van der Waals surface area contributed by atoms with Gasteiger partial charge in [0.15, 0.2) is 11.5 Å². The average molecular weight is 391 g/mol. The Bertz CT molecular complexity index is 693. The highest BCUT2D eigenvalue weighted by molar-refractivity contribution is 9.10. The van der Waals surface area contributed by atoms with Crippen LogP contribution in [-0.4, -0.2) is 36.8 Å². The van der Waals surface area contributed by atoms with Gasteiger partial charge in [0.05, 0.1) is 7.11 Å². The Morgan fingerprint density at radius 1 is 1.25 bits per heavy atom. The lowest BCUT2D eigenvalue weighted by molar-refractivity contribution is 0.314. The third kappa shape index (κ3) is 3.58. The zero-order chi connectivity index (χ0) is 17.1. The Labute approximate surface area is 151 Å². The van der Waals surface area contributed by atoms with Crippen LogP contribution in [0.5, 0.6) is 11.5 Å². The molecular weight excluding hydrogens is 368 g/mol. The van der Waals surface area contributed by atoms with Gasteiger partial charge in [-0.25, -0.2) is 0 Å². The van der Waals surface area contributed by atoms with Crippen molar-refractivity contribution in [1.82, 2.24) is 4.90 Å². The first kappa shape index (κ1) is 17.3. The van der Waals surface area contributed by atoms with E-state index in [1.807, 2.05) is 12.1 Å². The number of halogens is 1. The monoisotopic (exact) mass is 390 g/mol. The molecule has 2 aromatic carbocycles. The third-order valence-electron chi connectivity index (χ3n) is 4.79. The highest BCUT2D eigenvalue weighted by Crippen LogP contribution is 2.36. The molecule has 0 bridgehead atoms. The molecular formula is C19H23BrN2O2. The van der Waals surface area contributed by atoms with Crippen molar-refractivity contribution < 1.29 is 9.84 Å². The number of benzene rings is 2. The van der Waals surface area contributed by atoms with E-state index in [1.54, 1.807) is 13.2 Å². The van der Waals surface area contributed by atoms with Gasteiger partial charge in [-0.3, -0.25) is 4.90 Å². The summed E-state index contributed by atoms with van der Waals surface area (Å²) in [4.78, 5) is 2.40. The zero-order valence-corrected chi connectivity index (χ0v) is 15.4. The van der Waals surface area contributed by atoms with Gasteiger partial charge < -0.3 is 15.6 Å². The summed E-state index contributed by atoms with van der Waals surface area (Å²) in [6.07, 6.45) is 0. The minimum absolute atomic E-state index is 0.171. The molecule has 1 aliphatic heterocycles. The van der Waals surface area contributed by atoms with E-state index in [0.29, 0.717) is 24.1 Å². The van der Waals surface area contributed by atoms with Crippen molar-refractivity contribution in [3.63, 3.8) is 0 Å². The third-order valence-corrected chi connectivity index (χ3v) is 5.53. The molecule has 0 aliphatic carbocycles. The number of ether oxygens (including phenoxy) is 1. The van der Waals surface area contributed by atoms with Gasteiger partial charge in [-0.2, -0.15) is 0 Å². The number of hydrogen-bond donors (Lipinski definition) is 2. The van der Waals surface area contributed by atoms with Gasteiger partial charge in [0, 0.05) is 30.0 Å². The standard InChI is InChI=1S/C19H23BrN2O2/c1-24-19-8-17(20)14(7-18(19)23)10-22-11-15(9-21)16(12-22)13-5-3-2-4-6-13/h2-8,15-16,23H,9-12,21H2,1H3/t15-,16+/m1/s1. The second-order valence-electron chi connectivity index (χ2n) is 6.32. The van der Waals surface area contributed by atoms with Gasteiger partial charge in [-0.05, 0) is 35.7 Å². The minimum Gasteiger partial charge on any atom is -0.504 e. The lowest BCUT2D eigenvalue weighted by Crippen LogP contribution is -2.23. The second-order valence-corrected chi connectivity index (χ2v) is 7.18. The lowest BCUT2D eigenvalue weighted by atomic mass is 9.89. The fraction of sp³-hybridized carbons (Fsp3) is 0.368. The molecule has 24 heavy (non-hydrogen) atoms. The molecule has 2 atom stereocenters. The molecule has 1 saturated heterocycles. The smallest absolute Gasteiger partial charge is 0.161 e. The zero-order valence-electron chi connectivity index (χ0n) is 13.8. The first-order chi connectivity index (χ1) is 11.6. The predicted molar refractivity (Wildman–Crippen MR) is 99.4 cm³/mol. The summed E-state index contributed by atoms with van der Waals surface area (Å²) in [7, 11) is 1.55. The van der Waals surface area contributed by atoms with Crippen LogP contribution in [0.25, 0.3) is 0 Å². The van der Waals surface area contributed by atoms with Crippen molar-refractivity contribution >= 4 is 15.9 Å². The van der Waals surface area contributed by atoms with Crippen LogP contribution < -0.4 is 10.5 Å². The topological polar surface area (TPSA) is 58.7 Å². The number of methoxy groups -OCH3 is 1. The van der Waals surface area contributed by atoms with Crippen molar-refractivity contribution in [1.29, 1.82) is 0 Å². The number of likely N-dealkylation sites (tertiary alicyclic amines) is 1. The van der Waals surface area contributed by atoms with E-state index < -0.39 is 0 Å². The van der Waals surface area contributed by atoms with Gasteiger partial charge >= 0.3 is 0 Å². The van der Waals surface area contributed by atoms with E-state index in [1.165, 1.54) is 5.56 Å². The van der Waals surface area contributed by atoms with E-state index in [0.717, 1.165) is 29.7 Å². The summed E-state index contributed by atoms with van der Waals surface area (Å²) in [6.45, 7) is 3.41. The molecule has 1 fully saturated rings. The van der Waals surface area contributed by atoms with Crippen LogP contribution in [0.2, 0.25) is 0 Å². The summed E-state index contributed by atoms with van der Waals surface area (Å²) in [5.74, 6) is 1.57. The number of hydrogen-bond acceptors (Lipinski definition) is 4. The maximum atomic E-state index is 10.0. The largest absolute Gasteiger partial charge is 0.504 e. The Morgan fingerprint density at radius 3 is 2.67 bits per heavy atom. The van der Waals surface area contributed by atoms with Crippen molar-refractivity contribution in [3.05, 3.63) is 58.1 Å². The summed E-state index contributed by atoms with van der Waals surface area (Å²) in [5.41, 5.74) is 8.42. The first-order valence-corrected chi connectivity index (χ1v) is 8.94. The summed E-state index contributed by atoms with van der Waals surface area (Å²) >= 11 is 3.58. The molecule has 5 heteroatoms. The number of rotatable bonds is 5. The van der Waals surface area contributed by atoms with Crippen LogP contribution in [0.1, 0.15) is 17.0 Å². The van der Waals surface area contributed by atoms with Gasteiger partial charge in [0.25, 0.3) is 0 Å². The van der Waals surface area contributed by atoms with Crippen molar-refractivity contribution in [3.8, 4) is 11.5 Å². The highest BCUT2D eigenvalue weighted by atomic mass is 79.9. The molecule has 0 spiro atoms. The fourth-order valence-electron chi connectivity index (χ4n) is 3.52. The van der Waals surface area contributed by atoms with Crippen LogP contribution in [0.4, 0.5) is 0 Å². The molecule has 0 aromatic heterocycles. The Balaban J connectivity index is 1.76. The molecule has 0 unspecified atom stereocenters. The fourth-order valence-corrected chi connectivity index (χ4v) is 3.97. The highest BCUT2D eigenvalue weighted by Gasteiger charge is 2.33. The molecule has 3 N–H and O–H groups in total. The van der Waals surface area contributed by atoms with E-state index in [9.17, 15) is 5.11 Å². The first-order valence-electron chi connectivity index (χ1n) is 8.15. The molecule has 0 saturated carbocycles. The quantitative estimate of drug-likeness (QED) is 0.821. The molecule has 2 aromatic rings. The number of nitrogens with two attached hydrogens (primary N) is 1. The average Bonchev–Trinajstić information content (AvgIpc) is 3.01. The van der Waals surface area contributed by atoms with Crippen molar-refractivity contribution in [2.75, 3.05) is 26.7 Å². The van der Waals surface area contributed by atoms with E-state index in [2.05, 4.69) is 45.1 Å². The van der Waals surface area contributed by atoms with Gasteiger partial charge in [0.2, 0.25) is 0 Å². The molecule has 3 rings (SSSR count). The molecule has 128 valence electrons. The van der Waals surface area contributed by atoms with Crippen LogP contribution in [-0.2, 0) is 6.54 Å². The Kier molecular flexibility index (Phi) is 5.43. The second kappa shape index (κ2) is 7.55. The molecule has 4 nitrogen and oxygen atoms in total. The SMILES string of the molecule is COc1cc(Br)c(CN2C[C@@H](CN)[C@H](c3ccccc3)C2)cc1O. The van der Waals surface area contributed by atoms with Crippen LogP contribution in [0, 0.1) is 5.92 Å². The summed E-state index contributed by atoms with van der Waals surface area (Å²) < 4.78 is 6.10. The van der Waals surface area contributed by atoms with Crippen molar-refractivity contribution in [2.24, 2.45) is 11.7 Å². The van der Waals surface area contributed by atoms with Crippen LogP contribution >= 0.6 is 15.9 Å². The number of phenolic OH excluding ortho intramolecular Hbond substituents is 1. The molecule has 0 radical (unpaired) electrons. The maximum absolute atomic E-state index is 10.0. The molecule has 1 heterocycles.